The van der Waals surface area contributed by atoms with E-state index in [2.05, 4.69) is 5.32 Å². The Kier molecular flexibility index (Phi) is 4.46. The molecule has 2 aromatic carbocycles. The summed E-state index contributed by atoms with van der Waals surface area (Å²) in [4.78, 5) is 0. The maximum Gasteiger partial charge on any atom is 0.128 e. The monoisotopic (exact) mass is 291 g/mol. The Hall–Kier alpha value is -2.10. The number of anilines is 1. The zero-order valence-electron chi connectivity index (χ0n) is 12.6. The van der Waals surface area contributed by atoms with Crippen molar-refractivity contribution in [1.82, 2.24) is 0 Å². The van der Waals surface area contributed by atoms with Gasteiger partial charge in [0.1, 0.15) is 17.4 Å². The summed E-state index contributed by atoms with van der Waals surface area (Å²) in [5, 5.41) is 3.18. The predicted octanol–water partition coefficient (Wildman–Crippen LogP) is 4.76. The van der Waals surface area contributed by atoms with Crippen LogP contribution in [0.15, 0.2) is 30.3 Å². The molecule has 2 aromatic rings. The number of benzene rings is 2. The average molecular weight is 291 g/mol. The van der Waals surface area contributed by atoms with E-state index in [9.17, 15) is 8.78 Å². The van der Waals surface area contributed by atoms with Crippen molar-refractivity contribution in [3.63, 3.8) is 0 Å². The van der Waals surface area contributed by atoms with E-state index in [0.29, 0.717) is 11.1 Å². The molecule has 1 unspecified atom stereocenters. The van der Waals surface area contributed by atoms with E-state index in [1.54, 1.807) is 21.0 Å². The number of ether oxygens (including phenoxy) is 1. The lowest BCUT2D eigenvalue weighted by molar-refractivity contribution is 0.412. The minimum absolute atomic E-state index is 0.309. The molecule has 21 heavy (non-hydrogen) atoms. The normalized spacial score (nSPS) is 12.1. The van der Waals surface area contributed by atoms with E-state index in [1.807, 2.05) is 25.1 Å². The van der Waals surface area contributed by atoms with Gasteiger partial charge in [0.2, 0.25) is 0 Å². The first-order valence-corrected chi connectivity index (χ1v) is 6.79. The minimum atomic E-state index is -0.404. The highest BCUT2D eigenvalue weighted by molar-refractivity contribution is 5.52. The summed E-state index contributed by atoms with van der Waals surface area (Å²) in [7, 11) is 1.61. The van der Waals surface area contributed by atoms with Crippen LogP contribution in [0.25, 0.3) is 0 Å². The highest BCUT2D eigenvalue weighted by atomic mass is 19.1. The molecule has 0 heterocycles. The van der Waals surface area contributed by atoms with Crippen LogP contribution in [-0.4, -0.2) is 7.11 Å². The molecule has 0 radical (unpaired) electrons. The summed E-state index contributed by atoms with van der Waals surface area (Å²) in [5.41, 5.74) is 2.43. The first kappa shape index (κ1) is 15.3. The first-order valence-electron chi connectivity index (χ1n) is 6.79. The van der Waals surface area contributed by atoms with Gasteiger partial charge in [-0.05, 0) is 62.2 Å². The van der Waals surface area contributed by atoms with Gasteiger partial charge in [-0.25, -0.2) is 8.78 Å². The van der Waals surface area contributed by atoms with Crippen molar-refractivity contribution in [2.24, 2.45) is 0 Å². The van der Waals surface area contributed by atoms with Crippen molar-refractivity contribution in [3.05, 3.63) is 58.7 Å². The maximum absolute atomic E-state index is 14.0. The van der Waals surface area contributed by atoms with Crippen LogP contribution in [0.3, 0.4) is 0 Å². The summed E-state index contributed by atoms with van der Waals surface area (Å²) in [6, 6.07) is 7.74. The van der Waals surface area contributed by atoms with Crippen molar-refractivity contribution in [1.29, 1.82) is 0 Å². The van der Waals surface area contributed by atoms with Crippen molar-refractivity contribution in [2.75, 3.05) is 12.4 Å². The third-order valence-electron chi connectivity index (χ3n) is 3.52. The van der Waals surface area contributed by atoms with Gasteiger partial charge in [0.15, 0.2) is 0 Å². The fourth-order valence-electron chi connectivity index (χ4n) is 2.29. The number of halogens is 2. The Morgan fingerprint density at radius 3 is 2.33 bits per heavy atom. The van der Waals surface area contributed by atoms with Gasteiger partial charge in [-0.15, -0.1) is 0 Å². The molecule has 0 saturated carbocycles. The average Bonchev–Trinajstić information content (AvgIpc) is 2.43. The lowest BCUT2D eigenvalue weighted by Crippen LogP contribution is -2.10. The summed E-state index contributed by atoms with van der Waals surface area (Å²) in [5.74, 6) is -0.00846. The van der Waals surface area contributed by atoms with E-state index in [-0.39, 0.29) is 6.04 Å². The largest absolute Gasteiger partial charge is 0.496 e. The molecule has 0 aliphatic carbocycles. The van der Waals surface area contributed by atoms with Gasteiger partial charge in [0.25, 0.3) is 0 Å². The van der Waals surface area contributed by atoms with Gasteiger partial charge < -0.3 is 10.1 Å². The molecule has 0 aliphatic rings. The van der Waals surface area contributed by atoms with Crippen LogP contribution in [-0.2, 0) is 0 Å². The predicted molar refractivity (Wildman–Crippen MR) is 80.9 cm³/mol. The van der Waals surface area contributed by atoms with Gasteiger partial charge in [-0.2, -0.15) is 0 Å². The van der Waals surface area contributed by atoms with Gasteiger partial charge in [-0.3, -0.25) is 0 Å². The van der Waals surface area contributed by atoms with E-state index in [1.165, 1.54) is 12.1 Å². The maximum atomic E-state index is 14.0. The van der Waals surface area contributed by atoms with Crippen LogP contribution in [0.4, 0.5) is 14.5 Å². The number of hydrogen-bond acceptors (Lipinski definition) is 2. The van der Waals surface area contributed by atoms with Gasteiger partial charge in [-0.1, -0.05) is 0 Å². The molecule has 0 saturated heterocycles. The lowest BCUT2D eigenvalue weighted by atomic mass is 10.0. The second-order valence-corrected chi connectivity index (χ2v) is 5.17. The van der Waals surface area contributed by atoms with Gasteiger partial charge in [0, 0.05) is 11.3 Å². The Balaban J connectivity index is 2.23. The number of rotatable bonds is 4. The third-order valence-corrected chi connectivity index (χ3v) is 3.52. The molecular formula is C17H19F2NO. The molecule has 4 heteroatoms. The van der Waals surface area contributed by atoms with E-state index >= 15 is 0 Å². The summed E-state index contributed by atoms with van der Waals surface area (Å²) < 4.78 is 32.8. The standard InChI is InChI=1S/C17H19F2NO/c1-10-8-16(19)14(9-15(10)18)12(3)20-13-5-6-17(21-4)11(2)7-13/h5-9,12,20H,1-4H3. The number of hydrogen-bond donors (Lipinski definition) is 1. The second kappa shape index (κ2) is 6.12. The van der Waals surface area contributed by atoms with Crippen LogP contribution in [0.1, 0.15) is 29.7 Å². The Bertz CT molecular complexity index is 655. The molecule has 0 aromatic heterocycles. The smallest absolute Gasteiger partial charge is 0.128 e. The van der Waals surface area contributed by atoms with E-state index < -0.39 is 11.6 Å². The Labute approximate surface area is 123 Å². The lowest BCUT2D eigenvalue weighted by Gasteiger charge is -2.18. The fraction of sp³-hybridized carbons (Fsp3) is 0.294. The molecule has 1 atom stereocenters. The Morgan fingerprint density at radius 1 is 1.00 bits per heavy atom. The molecule has 0 fully saturated rings. The van der Waals surface area contributed by atoms with Gasteiger partial charge >= 0.3 is 0 Å². The summed E-state index contributed by atoms with van der Waals surface area (Å²) >= 11 is 0. The summed E-state index contributed by atoms with van der Waals surface area (Å²) in [6.07, 6.45) is 0. The van der Waals surface area contributed by atoms with Gasteiger partial charge in [0.05, 0.1) is 13.2 Å². The molecule has 0 spiro atoms. The van der Waals surface area contributed by atoms with Crippen molar-refractivity contribution in [2.45, 2.75) is 26.8 Å². The number of methoxy groups -OCH3 is 1. The van der Waals surface area contributed by atoms with Crippen LogP contribution in [0, 0.1) is 25.5 Å². The van der Waals surface area contributed by atoms with Crippen molar-refractivity contribution < 1.29 is 13.5 Å². The molecule has 1 N–H and O–H groups in total. The number of aryl methyl sites for hydroxylation is 2. The zero-order valence-corrected chi connectivity index (χ0v) is 12.6. The quantitative estimate of drug-likeness (QED) is 0.876. The first-order chi connectivity index (χ1) is 9.92. The second-order valence-electron chi connectivity index (χ2n) is 5.17. The van der Waals surface area contributed by atoms with Crippen LogP contribution < -0.4 is 10.1 Å². The SMILES string of the molecule is COc1ccc(NC(C)c2cc(F)c(C)cc2F)cc1C. The third kappa shape index (κ3) is 3.32. The van der Waals surface area contributed by atoms with Crippen LogP contribution in [0.5, 0.6) is 5.75 Å². The van der Waals surface area contributed by atoms with Crippen LogP contribution in [0.2, 0.25) is 0 Å². The number of nitrogens with one attached hydrogen (secondary N) is 1. The van der Waals surface area contributed by atoms with Crippen molar-refractivity contribution in [3.8, 4) is 5.75 Å². The highest BCUT2D eigenvalue weighted by Gasteiger charge is 2.14. The molecular weight excluding hydrogens is 272 g/mol. The molecule has 2 rings (SSSR count). The topological polar surface area (TPSA) is 21.3 Å². The zero-order chi connectivity index (χ0) is 15.6. The summed E-state index contributed by atoms with van der Waals surface area (Å²) in [6.45, 7) is 5.28. The minimum Gasteiger partial charge on any atom is -0.496 e. The molecule has 0 amide bonds. The molecule has 0 bridgehead atoms. The van der Waals surface area contributed by atoms with Crippen molar-refractivity contribution >= 4 is 5.69 Å². The fourth-order valence-corrected chi connectivity index (χ4v) is 2.29. The molecule has 112 valence electrons. The van der Waals surface area contributed by atoms with E-state index in [4.69, 9.17) is 4.74 Å². The highest BCUT2D eigenvalue weighted by Crippen LogP contribution is 2.27. The van der Waals surface area contributed by atoms with E-state index in [0.717, 1.165) is 17.0 Å². The Morgan fingerprint density at radius 2 is 1.71 bits per heavy atom. The molecule has 2 nitrogen and oxygen atoms in total. The molecule has 0 aliphatic heterocycles. The van der Waals surface area contributed by atoms with Crippen LogP contribution >= 0.6 is 0 Å².